The molecule has 1 amide bonds. The number of fused-ring (bicyclic) bond motifs is 1. The van der Waals surface area contributed by atoms with E-state index in [2.05, 4.69) is 24.4 Å². The number of rotatable bonds is 2. The molecule has 0 aliphatic carbocycles. The summed E-state index contributed by atoms with van der Waals surface area (Å²) in [4.78, 5) is 14.5. The zero-order valence-electron chi connectivity index (χ0n) is 12.7. The number of carbonyl (C=O) groups is 1. The molecule has 4 nitrogen and oxygen atoms in total. The number of amides is 1. The number of hydrogen-bond donors (Lipinski definition) is 1. The zero-order chi connectivity index (χ0) is 14.7. The van der Waals surface area contributed by atoms with E-state index in [-0.39, 0.29) is 5.91 Å². The van der Waals surface area contributed by atoms with Gasteiger partial charge in [0.2, 0.25) is 5.91 Å². The van der Waals surface area contributed by atoms with E-state index in [1.54, 1.807) is 0 Å². The number of hydrogen-bond acceptors (Lipinski definition) is 3. The SMILES string of the molecule is Cc1ccc2c(c1)CN(C(=O)CC1CCCNC1)CCO2. The summed E-state index contributed by atoms with van der Waals surface area (Å²) < 4.78 is 5.77. The lowest BCUT2D eigenvalue weighted by atomic mass is 9.95. The van der Waals surface area contributed by atoms with Crippen LogP contribution >= 0.6 is 0 Å². The molecule has 0 bridgehead atoms. The molecule has 2 aliphatic heterocycles. The third-order valence-electron chi connectivity index (χ3n) is 4.41. The van der Waals surface area contributed by atoms with E-state index in [0.29, 0.717) is 32.0 Å². The van der Waals surface area contributed by atoms with Gasteiger partial charge >= 0.3 is 0 Å². The Morgan fingerprint density at radius 2 is 2.38 bits per heavy atom. The van der Waals surface area contributed by atoms with Crippen LogP contribution < -0.4 is 10.1 Å². The van der Waals surface area contributed by atoms with Crippen molar-refractivity contribution >= 4 is 5.91 Å². The van der Waals surface area contributed by atoms with E-state index >= 15 is 0 Å². The molecule has 0 spiro atoms. The van der Waals surface area contributed by atoms with Crippen molar-refractivity contribution in [3.8, 4) is 5.75 Å². The summed E-state index contributed by atoms with van der Waals surface area (Å²) in [5, 5.41) is 3.38. The summed E-state index contributed by atoms with van der Waals surface area (Å²) in [6.07, 6.45) is 3.01. The first-order chi connectivity index (χ1) is 10.2. The molecule has 1 fully saturated rings. The van der Waals surface area contributed by atoms with E-state index < -0.39 is 0 Å². The van der Waals surface area contributed by atoms with Gasteiger partial charge in [0, 0.05) is 18.5 Å². The molecule has 1 aromatic rings. The smallest absolute Gasteiger partial charge is 0.223 e. The molecule has 21 heavy (non-hydrogen) atoms. The second-order valence-electron chi connectivity index (χ2n) is 6.19. The maximum atomic E-state index is 12.6. The fraction of sp³-hybridized carbons (Fsp3) is 0.588. The normalized spacial score (nSPS) is 22.1. The lowest BCUT2D eigenvalue weighted by molar-refractivity contribution is -0.133. The number of aryl methyl sites for hydroxylation is 1. The summed E-state index contributed by atoms with van der Waals surface area (Å²) >= 11 is 0. The molecular formula is C17H24N2O2. The molecule has 0 aromatic heterocycles. The molecular weight excluding hydrogens is 264 g/mol. The Kier molecular flexibility index (Phi) is 4.44. The van der Waals surface area contributed by atoms with E-state index in [1.807, 2.05) is 11.0 Å². The molecule has 1 unspecified atom stereocenters. The number of piperidine rings is 1. The van der Waals surface area contributed by atoms with Crippen molar-refractivity contribution in [1.82, 2.24) is 10.2 Å². The summed E-state index contributed by atoms with van der Waals surface area (Å²) in [6.45, 7) is 6.10. The molecule has 0 radical (unpaired) electrons. The maximum Gasteiger partial charge on any atom is 0.223 e. The van der Waals surface area contributed by atoms with Crippen LogP contribution in [-0.4, -0.2) is 37.0 Å². The number of nitrogens with one attached hydrogen (secondary N) is 1. The van der Waals surface area contributed by atoms with Crippen molar-refractivity contribution in [3.63, 3.8) is 0 Å². The van der Waals surface area contributed by atoms with Gasteiger partial charge < -0.3 is 15.0 Å². The van der Waals surface area contributed by atoms with Gasteiger partial charge in [-0.1, -0.05) is 17.7 Å². The third kappa shape index (κ3) is 3.56. The van der Waals surface area contributed by atoms with E-state index in [1.165, 1.54) is 18.4 Å². The average molecular weight is 288 g/mol. The molecule has 3 rings (SSSR count). The predicted molar refractivity (Wildman–Crippen MR) is 82.3 cm³/mol. The Morgan fingerprint density at radius 3 is 3.19 bits per heavy atom. The molecule has 2 aliphatic rings. The Balaban J connectivity index is 1.66. The van der Waals surface area contributed by atoms with E-state index in [4.69, 9.17) is 4.74 Å². The van der Waals surface area contributed by atoms with Gasteiger partial charge in [-0.3, -0.25) is 4.79 Å². The Morgan fingerprint density at radius 1 is 1.48 bits per heavy atom. The van der Waals surface area contributed by atoms with E-state index in [0.717, 1.165) is 24.4 Å². The highest BCUT2D eigenvalue weighted by Crippen LogP contribution is 2.25. The lowest BCUT2D eigenvalue weighted by Crippen LogP contribution is -2.37. The zero-order valence-corrected chi connectivity index (χ0v) is 12.7. The number of nitrogens with zero attached hydrogens (tertiary/aromatic N) is 1. The standard InChI is InChI=1S/C17H24N2O2/c1-13-4-5-16-15(9-13)12-19(7-8-21-16)17(20)10-14-3-2-6-18-11-14/h4-5,9,14,18H,2-3,6-8,10-12H2,1H3. The van der Waals surface area contributed by atoms with Gasteiger partial charge in [-0.25, -0.2) is 0 Å². The summed E-state index contributed by atoms with van der Waals surface area (Å²) in [6, 6.07) is 6.21. The van der Waals surface area contributed by atoms with Crippen LogP contribution in [0.4, 0.5) is 0 Å². The molecule has 114 valence electrons. The highest BCUT2D eigenvalue weighted by molar-refractivity contribution is 5.76. The van der Waals surface area contributed by atoms with Gasteiger partial charge in [-0.2, -0.15) is 0 Å². The first kappa shape index (κ1) is 14.4. The molecule has 4 heteroatoms. The quantitative estimate of drug-likeness (QED) is 0.906. The monoisotopic (exact) mass is 288 g/mol. The minimum atomic E-state index is 0.265. The van der Waals surface area contributed by atoms with Crippen LogP contribution in [0.5, 0.6) is 5.75 Å². The predicted octanol–water partition coefficient (Wildman–Crippen LogP) is 2.11. The third-order valence-corrected chi connectivity index (χ3v) is 4.41. The van der Waals surface area contributed by atoms with Gasteiger partial charge in [0.1, 0.15) is 12.4 Å². The first-order valence-corrected chi connectivity index (χ1v) is 7.93. The highest BCUT2D eigenvalue weighted by atomic mass is 16.5. The largest absolute Gasteiger partial charge is 0.491 e. The second-order valence-corrected chi connectivity index (χ2v) is 6.19. The van der Waals surface area contributed by atoms with Crippen molar-refractivity contribution in [2.24, 2.45) is 5.92 Å². The Hall–Kier alpha value is -1.55. The van der Waals surface area contributed by atoms with Gasteiger partial charge in [0.25, 0.3) is 0 Å². The minimum absolute atomic E-state index is 0.265. The summed E-state index contributed by atoms with van der Waals surface area (Å²) in [7, 11) is 0. The van der Waals surface area contributed by atoms with E-state index in [9.17, 15) is 4.79 Å². The molecule has 2 heterocycles. The topological polar surface area (TPSA) is 41.6 Å². The fourth-order valence-corrected chi connectivity index (χ4v) is 3.21. The van der Waals surface area contributed by atoms with Crippen molar-refractivity contribution in [1.29, 1.82) is 0 Å². The van der Waals surface area contributed by atoms with Gasteiger partial charge in [-0.15, -0.1) is 0 Å². The number of carbonyl (C=O) groups excluding carboxylic acids is 1. The van der Waals surface area contributed by atoms with Gasteiger partial charge in [0.05, 0.1) is 6.54 Å². The van der Waals surface area contributed by atoms with Crippen LogP contribution in [0.2, 0.25) is 0 Å². The molecule has 1 atom stereocenters. The van der Waals surface area contributed by atoms with Crippen LogP contribution in [0.1, 0.15) is 30.4 Å². The number of benzene rings is 1. The minimum Gasteiger partial charge on any atom is -0.491 e. The van der Waals surface area contributed by atoms with Crippen molar-refractivity contribution in [3.05, 3.63) is 29.3 Å². The first-order valence-electron chi connectivity index (χ1n) is 7.93. The summed E-state index contributed by atoms with van der Waals surface area (Å²) in [5.74, 6) is 1.68. The maximum absolute atomic E-state index is 12.6. The molecule has 1 aromatic carbocycles. The second kappa shape index (κ2) is 6.48. The van der Waals surface area contributed by atoms with Crippen molar-refractivity contribution < 1.29 is 9.53 Å². The van der Waals surface area contributed by atoms with Crippen LogP contribution in [0.25, 0.3) is 0 Å². The van der Waals surface area contributed by atoms with Crippen LogP contribution in [0, 0.1) is 12.8 Å². The average Bonchev–Trinajstić information content (AvgIpc) is 2.70. The number of ether oxygens (including phenoxy) is 1. The summed E-state index contributed by atoms with van der Waals surface area (Å²) in [5.41, 5.74) is 2.34. The van der Waals surface area contributed by atoms with Crippen molar-refractivity contribution in [2.45, 2.75) is 32.7 Å². The fourth-order valence-electron chi connectivity index (χ4n) is 3.21. The highest BCUT2D eigenvalue weighted by Gasteiger charge is 2.23. The lowest BCUT2D eigenvalue weighted by Gasteiger charge is -2.26. The Bertz CT molecular complexity index is 510. The van der Waals surface area contributed by atoms with Crippen molar-refractivity contribution in [2.75, 3.05) is 26.2 Å². The molecule has 1 N–H and O–H groups in total. The van der Waals surface area contributed by atoms with Crippen LogP contribution in [0.3, 0.4) is 0 Å². The molecule has 0 saturated carbocycles. The van der Waals surface area contributed by atoms with Gasteiger partial charge in [-0.05, 0) is 44.8 Å². The van der Waals surface area contributed by atoms with Crippen LogP contribution in [0.15, 0.2) is 18.2 Å². The van der Waals surface area contributed by atoms with Gasteiger partial charge in [0.15, 0.2) is 0 Å². The Labute approximate surface area is 126 Å². The molecule has 1 saturated heterocycles. The van der Waals surface area contributed by atoms with Crippen LogP contribution in [-0.2, 0) is 11.3 Å².